The molecule has 0 bridgehead atoms. The van der Waals surface area contributed by atoms with Crippen LogP contribution in [0.15, 0.2) is 54.7 Å². The first-order valence-corrected chi connectivity index (χ1v) is 7.40. The summed E-state index contributed by atoms with van der Waals surface area (Å²) in [6.07, 6.45) is 2.05. The molecule has 0 fully saturated rings. The van der Waals surface area contributed by atoms with E-state index in [-0.39, 0.29) is 0 Å². The highest BCUT2D eigenvalue weighted by Gasteiger charge is 2.14. The van der Waals surface area contributed by atoms with E-state index in [0.29, 0.717) is 12.4 Å². The largest absolute Gasteiger partial charge is 0.326 e. The number of hydrogen-bond acceptors (Lipinski definition) is 4. The Kier molecular flexibility index (Phi) is 3.17. The summed E-state index contributed by atoms with van der Waals surface area (Å²) in [5, 5.41) is 13.5. The van der Waals surface area contributed by atoms with Crippen LogP contribution in [0.4, 0.5) is 0 Å². The lowest BCUT2D eigenvalue weighted by molar-refractivity contribution is 0.630. The molecule has 0 aliphatic carbocycles. The molecule has 4 rings (SSSR count). The Morgan fingerprint density at radius 2 is 1.83 bits per heavy atom. The topological polar surface area (TPSA) is 74.5 Å². The summed E-state index contributed by atoms with van der Waals surface area (Å²) in [6.45, 7) is 0.543. The number of aromatic nitrogens is 5. The van der Waals surface area contributed by atoms with E-state index in [0.717, 1.165) is 27.7 Å². The quantitative estimate of drug-likeness (QED) is 0.630. The van der Waals surface area contributed by atoms with Crippen LogP contribution >= 0.6 is 0 Å². The molecular formula is C17H16N6. The molecular weight excluding hydrogens is 288 g/mol. The normalized spacial score (nSPS) is 11.2. The van der Waals surface area contributed by atoms with Crippen molar-refractivity contribution in [2.24, 2.45) is 12.8 Å². The van der Waals surface area contributed by atoms with Gasteiger partial charge in [-0.3, -0.25) is 0 Å². The highest BCUT2D eigenvalue weighted by molar-refractivity contribution is 5.95. The summed E-state index contributed by atoms with van der Waals surface area (Å²) in [5.74, 6) is 0.626. The van der Waals surface area contributed by atoms with Gasteiger partial charge in [0.15, 0.2) is 0 Å². The van der Waals surface area contributed by atoms with Crippen molar-refractivity contribution in [2.75, 3.05) is 0 Å². The molecule has 0 aliphatic heterocycles. The van der Waals surface area contributed by atoms with Gasteiger partial charge in [-0.15, -0.1) is 10.2 Å². The Balaban J connectivity index is 1.93. The highest BCUT2D eigenvalue weighted by Crippen LogP contribution is 2.30. The third-order valence-electron chi connectivity index (χ3n) is 3.91. The maximum Gasteiger partial charge on any atom is 0.207 e. The Morgan fingerprint density at radius 3 is 2.52 bits per heavy atom. The summed E-state index contributed by atoms with van der Waals surface area (Å²) in [5.41, 5.74) is 9.94. The average Bonchev–Trinajstić information content (AvgIpc) is 3.19. The number of nitrogens with zero attached hydrogens (tertiary/aromatic N) is 5. The third kappa shape index (κ3) is 2.29. The predicted molar refractivity (Wildman–Crippen MR) is 89.0 cm³/mol. The lowest BCUT2D eigenvalue weighted by Gasteiger charge is -2.06. The molecule has 0 atom stereocenters. The van der Waals surface area contributed by atoms with Crippen LogP contribution in [0, 0.1) is 0 Å². The number of fused-ring (bicyclic) bond motifs is 1. The van der Waals surface area contributed by atoms with Crippen LogP contribution in [0.1, 0.15) is 5.56 Å². The van der Waals surface area contributed by atoms with Crippen molar-refractivity contribution in [3.63, 3.8) is 0 Å². The summed E-state index contributed by atoms with van der Waals surface area (Å²) >= 11 is 0. The zero-order valence-corrected chi connectivity index (χ0v) is 12.7. The minimum atomic E-state index is 0.543. The highest BCUT2D eigenvalue weighted by atomic mass is 15.6. The number of nitrogens with two attached hydrogens (primary N) is 1. The molecule has 6 heteroatoms. The van der Waals surface area contributed by atoms with Crippen molar-refractivity contribution in [3.05, 3.63) is 60.3 Å². The van der Waals surface area contributed by atoms with Crippen molar-refractivity contribution in [3.8, 4) is 17.1 Å². The summed E-state index contributed by atoms with van der Waals surface area (Å²) in [6, 6.07) is 16.4. The Bertz CT molecular complexity index is 964. The van der Waals surface area contributed by atoms with E-state index in [2.05, 4.69) is 50.4 Å². The van der Waals surface area contributed by atoms with E-state index in [1.165, 1.54) is 4.80 Å². The molecule has 6 nitrogen and oxygen atoms in total. The van der Waals surface area contributed by atoms with Gasteiger partial charge in [-0.2, -0.15) is 4.80 Å². The SMILES string of the molecule is Cn1nnc(-c2cn(-c3ccc(CN)cc3)c3ccccc23)n1. The number of rotatable bonds is 3. The zero-order chi connectivity index (χ0) is 15.8. The number of tetrazole rings is 1. The summed E-state index contributed by atoms with van der Waals surface area (Å²) < 4.78 is 2.14. The van der Waals surface area contributed by atoms with Gasteiger partial charge in [0.1, 0.15) is 0 Å². The number of benzene rings is 2. The van der Waals surface area contributed by atoms with Gasteiger partial charge in [-0.1, -0.05) is 30.3 Å². The van der Waals surface area contributed by atoms with Crippen LogP contribution in [0.5, 0.6) is 0 Å². The molecule has 0 amide bonds. The van der Waals surface area contributed by atoms with Crippen molar-refractivity contribution in [1.29, 1.82) is 0 Å². The van der Waals surface area contributed by atoms with Gasteiger partial charge in [0.2, 0.25) is 5.82 Å². The Hall–Kier alpha value is -2.99. The van der Waals surface area contributed by atoms with Crippen LogP contribution in [-0.4, -0.2) is 24.8 Å². The lowest BCUT2D eigenvalue weighted by Crippen LogP contribution is -1.97. The molecule has 0 saturated carbocycles. The fraction of sp³-hybridized carbons (Fsp3) is 0.118. The van der Waals surface area contributed by atoms with Crippen molar-refractivity contribution >= 4 is 10.9 Å². The van der Waals surface area contributed by atoms with E-state index in [4.69, 9.17) is 5.73 Å². The average molecular weight is 304 g/mol. The molecule has 2 heterocycles. The van der Waals surface area contributed by atoms with E-state index >= 15 is 0 Å². The predicted octanol–water partition coefficient (Wildman–Crippen LogP) is 2.28. The van der Waals surface area contributed by atoms with Crippen molar-refractivity contribution in [2.45, 2.75) is 6.54 Å². The summed E-state index contributed by atoms with van der Waals surface area (Å²) in [4.78, 5) is 1.47. The minimum absolute atomic E-state index is 0.543. The first-order chi connectivity index (χ1) is 11.3. The van der Waals surface area contributed by atoms with Gasteiger partial charge < -0.3 is 10.3 Å². The third-order valence-corrected chi connectivity index (χ3v) is 3.91. The molecule has 0 unspecified atom stereocenters. The number of hydrogen-bond donors (Lipinski definition) is 1. The van der Waals surface area contributed by atoms with E-state index in [9.17, 15) is 0 Å². The smallest absolute Gasteiger partial charge is 0.207 e. The molecule has 2 N–H and O–H groups in total. The molecule has 114 valence electrons. The van der Waals surface area contributed by atoms with Crippen LogP contribution in [0.2, 0.25) is 0 Å². The van der Waals surface area contributed by atoms with Gasteiger partial charge in [0, 0.05) is 29.4 Å². The van der Waals surface area contributed by atoms with E-state index in [1.807, 2.05) is 24.3 Å². The molecule has 0 saturated heterocycles. The van der Waals surface area contributed by atoms with Crippen LogP contribution in [-0.2, 0) is 13.6 Å². The van der Waals surface area contributed by atoms with Crippen molar-refractivity contribution in [1.82, 2.24) is 24.8 Å². The number of para-hydroxylation sites is 1. The summed E-state index contributed by atoms with van der Waals surface area (Å²) in [7, 11) is 1.77. The van der Waals surface area contributed by atoms with Crippen molar-refractivity contribution < 1.29 is 0 Å². The maximum atomic E-state index is 5.68. The van der Waals surface area contributed by atoms with Crippen LogP contribution < -0.4 is 5.73 Å². The second-order valence-corrected chi connectivity index (χ2v) is 5.40. The second-order valence-electron chi connectivity index (χ2n) is 5.40. The van der Waals surface area contributed by atoms with Gasteiger partial charge in [0.25, 0.3) is 0 Å². The minimum Gasteiger partial charge on any atom is -0.326 e. The first kappa shape index (κ1) is 13.7. The van der Waals surface area contributed by atoms with Gasteiger partial charge >= 0.3 is 0 Å². The van der Waals surface area contributed by atoms with Gasteiger partial charge in [-0.05, 0) is 29.0 Å². The fourth-order valence-electron chi connectivity index (χ4n) is 2.76. The zero-order valence-electron chi connectivity index (χ0n) is 12.7. The first-order valence-electron chi connectivity index (χ1n) is 7.40. The standard InChI is InChI=1S/C17H16N6/c1-22-20-17(19-21-22)15-11-23(16-5-3-2-4-14(15)16)13-8-6-12(10-18)7-9-13/h2-9,11H,10,18H2,1H3. The molecule has 0 aliphatic rings. The monoisotopic (exact) mass is 304 g/mol. The second kappa shape index (κ2) is 5.33. The molecule has 2 aromatic heterocycles. The van der Waals surface area contributed by atoms with Crippen LogP contribution in [0.25, 0.3) is 28.0 Å². The molecule has 0 radical (unpaired) electrons. The van der Waals surface area contributed by atoms with Gasteiger partial charge in [0.05, 0.1) is 12.6 Å². The lowest BCUT2D eigenvalue weighted by atomic mass is 10.1. The van der Waals surface area contributed by atoms with Crippen LogP contribution in [0.3, 0.4) is 0 Å². The molecule has 0 spiro atoms. The Labute approximate surface area is 133 Å². The molecule has 2 aromatic carbocycles. The number of aryl methyl sites for hydroxylation is 1. The molecule has 4 aromatic rings. The molecule has 23 heavy (non-hydrogen) atoms. The van der Waals surface area contributed by atoms with E-state index < -0.39 is 0 Å². The van der Waals surface area contributed by atoms with Gasteiger partial charge in [-0.25, -0.2) is 0 Å². The fourth-order valence-corrected chi connectivity index (χ4v) is 2.76. The maximum absolute atomic E-state index is 5.68. The Morgan fingerprint density at radius 1 is 1.04 bits per heavy atom. The van der Waals surface area contributed by atoms with E-state index in [1.54, 1.807) is 7.05 Å².